The van der Waals surface area contributed by atoms with E-state index in [1.807, 2.05) is 0 Å². The number of aliphatic hydroxyl groups is 1. The van der Waals surface area contributed by atoms with Gasteiger partial charge in [0.15, 0.2) is 9.84 Å². The van der Waals surface area contributed by atoms with Crippen LogP contribution in [0.2, 0.25) is 0 Å². The lowest BCUT2D eigenvalue weighted by molar-refractivity contribution is -0.386. The highest BCUT2D eigenvalue weighted by Crippen LogP contribution is 2.32. The third-order valence-corrected chi connectivity index (χ3v) is 4.07. The molecule has 118 valence electrons. The van der Waals surface area contributed by atoms with E-state index < -0.39 is 26.6 Å². The van der Waals surface area contributed by atoms with Crippen molar-refractivity contribution < 1.29 is 22.9 Å². The van der Waals surface area contributed by atoms with E-state index in [2.05, 4.69) is 5.32 Å². The first-order chi connectivity index (χ1) is 10.3. The van der Waals surface area contributed by atoms with Crippen LogP contribution in [0.15, 0.2) is 45.9 Å². The van der Waals surface area contributed by atoms with Gasteiger partial charge in [0.05, 0.1) is 11.2 Å². The van der Waals surface area contributed by atoms with Gasteiger partial charge in [-0.25, -0.2) is 8.42 Å². The van der Waals surface area contributed by atoms with E-state index in [1.54, 1.807) is 12.1 Å². The second kappa shape index (κ2) is 6.16. The molecule has 0 aliphatic rings. The summed E-state index contributed by atoms with van der Waals surface area (Å²) in [6.45, 7) is -0.0679. The molecule has 1 aromatic heterocycles. The lowest BCUT2D eigenvalue weighted by Gasteiger charge is -2.12. The first kappa shape index (κ1) is 16.0. The van der Waals surface area contributed by atoms with E-state index in [0.717, 1.165) is 6.26 Å². The normalized spacial score (nSPS) is 12.8. The molecule has 2 rings (SSSR count). The second-order valence-electron chi connectivity index (χ2n) is 4.59. The van der Waals surface area contributed by atoms with Crippen molar-refractivity contribution >= 4 is 21.2 Å². The van der Waals surface area contributed by atoms with Crippen LogP contribution in [0.25, 0.3) is 0 Å². The van der Waals surface area contributed by atoms with Gasteiger partial charge >= 0.3 is 5.69 Å². The standard InChI is InChI=1S/C13H14N2O6S/c1-22(19,20)12-6-2-4-9(13(12)15(17)18)14-8-10(16)11-5-3-7-21-11/h2-7,10,14,16H,8H2,1H3. The fourth-order valence-corrected chi connectivity index (χ4v) is 2.80. The van der Waals surface area contributed by atoms with Crippen molar-refractivity contribution in [3.8, 4) is 0 Å². The zero-order valence-electron chi connectivity index (χ0n) is 11.6. The number of anilines is 1. The van der Waals surface area contributed by atoms with Crippen LogP contribution in [0.5, 0.6) is 0 Å². The number of sulfone groups is 1. The Labute approximate surface area is 126 Å². The lowest BCUT2D eigenvalue weighted by atomic mass is 10.2. The van der Waals surface area contributed by atoms with Gasteiger partial charge in [-0.15, -0.1) is 0 Å². The number of nitro benzene ring substituents is 1. The van der Waals surface area contributed by atoms with Crippen LogP contribution in [-0.4, -0.2) is 31.2 Å². The number of hydrogen-bond acceptors (Lipinski definition) is 7. The Hall–Kier alpha value is -2.39. The van der Waals surface area contributed by atoms with E-state index in [9.17, 15) is 23.6 Å². The SMILES string of the molecule is CS(=O)(=O)c1cccc(NCC(O)c2ccco2)c1[N+](=O)[O-]. The smallest absolute Gasteiger partial charge is 0.310 e. The summed E-state index contributed by atoms with van der Waals surface area (Å²) >= 11 is 0. The summed E-state index contributed by atoms with van der Waals surface area (Å²) in [4.78, 5) is 10.0. The summed E-state index contributed by atoms with van der Waals surface area (Å²) in [6.07, 6.45) is 1.28. The maximum absolute atomic E-state index is 11.6. The predicted molar refractivity (Wildman–Crippen MR) is 78.4 cm³/mol. The maximum Gasteiger partial charge on any atom is 0.310 e. The van der Waals surface area contributed by atoms with Crippen molar-refractivity contribution in [2.24, 2.45) is 0 Å². The average Bonchev–Trinajstić information content (AvgIpc) is 2.97. The van der Waals surface area contributed by atoms with Crippen LogP contribution in [0.1, 0.15) is 11.9 Å². The van der Waals surface area contributed by atoms with Crippen molar-refractivity contribution in [2.45, 2.75) is 11.0 Å². The fraction of sp³-hybridized carbons (Fsp3) is 0.231. The topological polar surface area (TPSA) is 123 Å². The van der Waals surface area contributed by atoms with Gasteiger partial charge in [0.25, 0.3) is 0 Å². The molecule has 0 aliphatic carbocycles. The van der Waals surface area contributed by atoms with Crippen molar-refractivity contribution in [3.05, 3.63) is 52.5 Å². The second-order valence-corrected chi connectivity index (χ2v) is 6.58. The van der Waals surface area contributed by atoms with E-state index in [4.69, 9.17) is 4.42 Å². The summed E-state index contributed by atoms with van der Waals surface area (Å²) in [7, 11) is -3.75. The van der Waals surface area contributed by atoms with Gasteiger partial charge in [0.2, 0.25) is 0 Å². The molecule has 22 heavy (non-hydrogen) atoms. The number of nitrogens with zero attached hydrogens (tertiary/aromatic N) is 1. The van der Waals surface area contributed by atoms with Crippen LogP contribution in [0.3, 0.4) is 0 Å². The number of nitrogens with one attached hydrogen (secondary N) is 1. The van der Waals surface area contributed by atoms with E-state index >= 15 is 0 Å². The van der Waals surface area contributed by atoms with Crippen LogP contribution >= 0.6 is 0 Å². The summed E-state index contributed by atoms with van der Waals surface area (Å²) in [5, 5.41) is 23.7. The average molecular weight is 326 g/mol. The first-order valence-corrected chi connectivity index (χ1v) is 8.12. The molecule has 1 heterocycles. The molecule has 1 unspecified atom stereocenters. The van der Waals surface area contributed by atoms with Gasteiger partial charge in [0, 0.05) is 12.8 Å². The van der Waals surface area contributed by atoms with Crippen LogP contribution < -0.4 is 5.32 Å². The highest BCUT2D eigenvalue weighted by molar-refractivity contribution is 7.90. The number of furan rings is 1. The van der Waals surface area contributed by atoms with Gasteiger partial charge in [-0.05, 0) is 24.3 Å². The number of nitro groups is 1. The number of hydrogen-bond donors (Lipinski definition) is 2. The van der Waals surface area contributed by atoms with Gasteiger partial charge in [-0.1, -0.05) is 6.07 Å². The molecular weight excluding hydrogens is 312 g/mol. The Balaban J connectivity index is 2.30. The van der Waals surface area contributed by atoms with Crippen molar-refractivity contribution in [1.82, 2.24) is 0 Å². The number of rotatable bonds is 6. The molecule has 9 heteroatoms. The van der Waals surface area contributed by atoms with Crippen molar-refractivity contribution in [2.75, 3.05) is 18.1 Å². The molecule has 2 N–H and O–H groups in total. The molecule has 1 aromatic carbocycles. The summed E-state index contributed by atoms with van der Waals surface area (Å²) in [5.74, 6) is 0.300. The first-order valence-electron chi connectivity index (χ1n) is 6.23. The molecule has 0 amide bonds. The minimum atomic E-state index is -3.75. The summed E-state index contributed by atoms with van der Waals surface area (Å²) in [5.41, 5.74) is -0.532. The Morgan fingerprint density at radius 2 is 2.09 bits per heavy atom. The molecule has 0 saturated carbocycles. The number of para-hydroxylation sites is 1. The molecule has 0 saturated heterocycles. The number of benzene rings is 1. The highest BCUT2D eigenvalue weighted by atomic mass is 32.2. The summed E-state index contributed by atoms with van der Waals surface area (Å²) in [6, 6.07) is 7.10. The molecule has 0 aliphatic heterocycles. The quantitative estimate of drug-likeness (QED) is 0.612. The zero-order valence-corrected chi connectivity index (χ0v) is 12.4. The maximum atomic E-state index is 11.6. The minimum Gasteiger partial charge on any atom is -0.467 e. The lowest BCUT2D eigenvalue weighted by Crippen LogP contribution is -2.13. The largest absolute Gasteiger partial charge is 0.467 e. The van der Waals surface area contributed by atoms with Crippen molar-refractivity contribution in [3.63, 3.8) is 0 Å². The zero-order chi connectivity index (χ0) is 16.3. The van der Waals surface area contributed by atoms with Crippen LogP contribution in [0, 0.1) is 10.1 Å². The summed E-state index contributed by atoms with van der Waals surface area (Å²) < 4.78 is 28.3. The molecule has 0 fully saturated rings. The van der Waals surface area contributed by atoms with Gasteiger partial charge in [0.1, 0.15) is 22.4 Å². The Bertz CT molecular complexity index is 770. The molecule has 1 atom stereocenters. The third kappa shape index (κ3) is 3.43. The third-order valence-electron chi connectivity index (χ3n) is 2.94. The molecule has 2 aromatic rings. The van der Waals surface area contributed by atoms with E-state index in [0.29, 0.717) is 5.76 Å². The van der Waals surface area contributed by atoms with Gasteiger partial charge in [-0.3, -0.25) is 10.1 Å². The van der Waals surface area contributed by atoms with E-state index in [1.165, 1.54) is 24.5 Å². The molecule has 8 nitrogen and oxygen atoms in total. The minimum absolute atomic E-state index is 0.0125. The van der Waals surface area contributed by atoms with Crippen LogP contribution in [0.4, 0.5) is 11.4 Å². The molecule has 0 bridgehead atoms. The Morgan fingerprint density at radius 1 is 1.36 bits per heavy atom. The predicted octanol–water partition coefficient (Wildman–Crippen LogP) is 1.74. The fourth-order valence-electron chi connectivity index (χ4n) is 1.94. The highest BCUT2D eigenvalue weighted by Gasteiger charge is 2.26. The van der Waals surface area contributed by atoms with Gasteiger partial charge < -0.3 is 14.8 Å². The van der Waals surface area contributed by atoms with Crippen molar-refractivity contribution in [1.29, 1.82) is 0 Å². The molecule has 0 radical (unpaired) electrons. The molecular formula is C13H14N2O6S. The van der Waals surface area contributed by atoms with E-state index in [-0.39, 0.29) is 17.1 Å². The molecule has 0 spiro atoms. The monoisotopic (exact) mass is 326 g/mol. The van der Waals surface area contributed by atoms with Crippen LogP contribution in [-0.2, 0) is 9.84 Å². The Morgan fingerprint density at radius 3 is 2.64 bits per heavy atom. The Kier molecular flexibility index (Phi) is 4.48. The number of aliphatic hydroxyl groups excluding tert-OH is 1. The van der Waals surface area contributed by atoms with Gasteiger partial charge in [-0.2, -0.15) is 0 Å².